The van der Waals surface area contributed by atoms with Gasteiger partial charge in [0, 0.05) is 17.2 Å². The molecule has 7 heteroatoms. The molecule has 0 N–H and O–H groups in total. The van der Waals surface area contributed by atoms with Gasteiger partial charge in [-0.15, -0.1) is 0 Å². The van der Waals surface area contributed by atoms with Crippen molar-refractivity contribution in [1.82, 2.24) is 0 Å². The number of esters is 1. The van der Waals surface area contributed by atoms with E-state index in [1.165, 1.54) is 27.4 Å². The van der Waals surface area contributed by atoms with Crippen LogP contribution >= 0.6 is 0 Å². The smallest absolute Gasteiger partial charge is 0.338 e. The Morgan fingerprint density at radius 1 is 1.04 bits per heavy atom. The average molecular weight is 317 g/mol. The van der Waals surface area contributed by atoms with Crippen molar-refractivity contribution in [3.8, 4) is 22.6 Å². The molecule has 0 atom stereocenters. The summed E-state index contributed by atoms with van der Waals surface area (Å²) in [6.45, 7) is 0. The summed E-state index contributed by atoms with van der Waals surface area (Å²) in [6.07, 6.45) is 0. The highest BCUT2D eigenvalue weighted by Gasteiger charge is 2.25. The maximum absolute atomic E-state index is 12.1. The van der Waals surface area contributed by atoms with Gasteiger partial charge in [-0.05, 0) is 6.07 Å². The lowest BCUT2D eigenvalue weighted by molar-refractivity contribution is -0.384. The van der Waals surface area contributed by atoms with Crippen LogP contribution in [0.15, 0.2) is 36.4 Å². The first-order valence-electron chi connectivity index (χ1n) is 6.61. The Hall–Kier alpha value is -3.09. The zero-order chi connectivity index (χ0) is 17.0. The Bertz CT molecular complexity index is 756. The first-order chi connectivity index (χ1) is 11.0. The molecule has 120 valence electrons. The van der Waals surface area contributed by atoms with Crippen LogP contribution in [0.4, 0.5) is 5.69 Å². The number of para-hydroxylation sites is 1. The SMILES string of the molecule is COC(=O)c1cc([N+](=O)[O-])cc(OC)c1-c1ccccc1OC. The fourth-order valence-electron chi connectivity index (χ4n) is 2.27. The van der Waals surface area contributed by atoms with Crippen molar-refractivity contribution in [1.29, 1.82) is 0 Å². The molecule has 0 spiro atoms. The zero-order valence-corrected chi connectivity index (χ0v) is 12.9. The highest BCUT2D eigenvalue weighted by molar-refractivity contribution is 6.01. The predicted octanol–water partition coefficient (Wildman–Crippen LogP) is 3.07. The van der Waals surface area contributed by atoms with E-state index in [1.807, 2.05) is 0 Å². The van der Waals surface area contributed by atoms with Crippen LogP contribution in [0.25, 0.3) is 11.1 Å². The van der Waals surface area contributed by atoms with Crippen LogP contribution in [-0.4, -0.2) is 32.2 Å². The summed E-state index contributed by atoms with van der Waals surface area (Å²) < 4.78 is 15.3. The minimum Gasteiger partial charge on any atom is -0.496 e. The highest BCUT2D eigenvalue weighted by Crippen LogP contribution is 2.41. The molecule has 23 heavy (non-hydrogen) atoms. The molecule has 0 aliphatic rings. The van der Waals surface area contributed by atoms with Gasteiger partial charge < -0.3 is 14.2 Å². The van der Waals surface area contributed by atoms with Crippen LogP contribution in [0.1, 0.15) is 10.4 Å². The summed E-state index contributed by atoms with van der Waals surface area (Å²) in [6, 6.07) is 9.41. The molecular formula is C16H15NO6. The number of nitro benzene ring substituents is 1. The van der Waals surface area contributed by atoms with E-state index in [0.717, 1.165) is 6.07 Å². The van der Waals surface area contributed by atoms with Crippen molar-refractivity contribution < 1.29 is 23.9 Å². The number of nitrogens with zero attached hydrogens (tertiary/aromatic N) is 1. The summed E-state index contributed by atoms with van der Waals surface area (Å²) in [7, 11) is 4.08. The van der Waals surface area contributed by atoms with Crippen LogP contribution in [-0.2, 0) is 4.74 Å². The van der Waals surface area contributed by atoms with Gasteiger partial charge in [-0.1, -0.05) is 18.2 Å². The quantitative estimate of drug-likeness (QED) is 0.478. The second-order valence-corrected chi connectivity index (χ2v) is 4.52. The van der Waals surface area contributed by atoms with Crippen molar-refractivity contribution >= 4 is 11.7 Å². The first-order valence-corrected chi connectivity index (χ1v) is 6.61. The lowest BCUT2D eigenvalue weighted by Gasteiger charge is -2.15. The van der Waals surface area contributed by atoms with E-state index in [-0.39, 0.29) is 17.0 Å². The maximum Gasteiger partial charge on any atom is 0.338 e. The summed E-state index contributed by atoms with van der Waals surface area (Å²) in [5.74, 6) is -0.0122. The Balaban J connectivity index is 2.84. The first kappa shape index (κ1) is 16.3. The third-order valence-electron chi connectivity index (χ3n) is 3.30. The fourth-order valence-corrected chi connectivity index (χ4v) is 2.27. The van der Waals surface area contributed by atoms with Gasteiger partial charge in [-0.25, -0.2) is 4.79 Å². The minimum absolute atomic E-state index is 0.0306. The number of non-ortho nitro benzene ring substituents is 1. The van der Waals surface area contributed by atoms with E-state index in [1.54, 1.807) is 24.3 Å². The Morgan fingerprint density at radius 2 is 1.70 bits per heavy atom. The molecule has 2 aromatic rings. The molecule has 0 bridgehead atoms. The number of benzene rings is 2. The number of ether oxygens (including phenoxy) is 3. The van der Waals surface area contributed by atoms with Gasteiger partial charge in [0.05, 0.1) is 37.9 Å². The Kier molecular flexibility index (Phi) is 4.80. The standard InChI is InChI=1S/C16H15NO6/c1-21-13-7-5-4-6-11(13)15-12(16(18)23-3)8-10(17(19)20)9-14(15)22-2/h4-9H,1-3H3. The van der Waals surface area contributed by atoms with E-state index in [0.29, 0.717) is 16.9 Å². The number of carbonyl (C=O) groups excluding carboxylic acids is 1. The van der Waals surface area contributed by atoms with Crippen molar-refractivity contribution in [3.05, 3.63) is 52.1 Å². The monoisotopic (exact) mass is 317 g/mol. The second-order valence-electron chi connectivity index (χ2n) is 4.52. The van der Waals surface area contributed by atoms with Crippen molar-refractivity contribution in [2.75, 3.05) is 21.3 Å². The van der Waals surface area contributed by atoms with Gasteiger partial charge in [0.2, 0.25) is 0 Å². The van der Waals surface area contributed by atoms with Crippen molar-refractivity contribution in [2.24, 2.45) is 0 Å². The Labute approximate surface area is 132 Å². The molecule has 0 amide bonds. The van der Waals surface area contributed by atoms with Crippen molar-refractivity contribution in [2.45, 2.75) is 0 Å². The predicted molar refractivity (Wildman–Crippen MR) is 83.0 cm³/mol. The molecule has 0 saturated heterocycles. The zero-order valence-electron chi connectivity index (χ0n) is 12.9. The van der Waals surface area contributed by atoms with Gasteiger partial charge in [-0.2, -0.15) is 0 Å². The van der Waals surface area contributed by atoms with Gasteiger partial charge in [0.1, 0.15) is 11.5 Å². The molecular weight excluding hydrogens is 302 g/mol. The normalized spacial score (nSPS) is 10.0. The topological polar surface area (TPSA) is 87.9 Å². The number of methoxy groups -OCH3 is 3. The molecule has 0 aromatic heterocycles. The molecule has 0 radical (unpaired) electrons. The summed E-state index contributed by atoms with van der Waals surface area (Å²) in [4.78, 5) is 22.6. The molecule has 0 unspecified atom stereocenters. The number of rotatable bonds is 5. The summed E-state index contributed by atoms with van der Waals surface area (Å²) in [5.41, 5.74) is 0.716. The molecule has 0 saturated carbocycles. The average Bonchev–Trinajstić information content (AvgIpc) is 2.59. The van der Waals surface area contributed by atoms with E-state index in [4.69, 9.17) is 14.2 Å². The number of carbonyl (C=O) groups is 1. The number of nitro groups is 1. The van der Waals surface area contributed by atoms with Gasteiger partial charge in [0.15, 0.2) is 0 Å². The lowest BCUT2D eigenvalue weighted by Crippen LogP contribution is -2.07. The van der Waals surface area contributed by atoms with E-state index in [2.05, 4.69) is 0 Å². The molecule has 0 aliphatic carbocycles. The molecule has 2 aromatic carbocycles. The number of hydrogen-bond acceptors (Lipinski definition) is 6. The maximum atomic E-state index is 12.1. The van der Waals surface area contributed by atoms with Crippen LogP contribution < -0.4 is 9.47 Å². The van der Waals surface area contributed by atoms with Crippen LogP contribution in [0.3, 0.4) is 0 Å². The van der Waals surface area contributed by atoms with Crippen LogP contribution in [0.2, 0.25) is 0 Å². The molecule has 0 heterocycles. The fraction of sp³-hybridized carbons (Fsp3) is 0.188. The number of hydrogen-bond donors (Lipinski definition) is 0. The third kappa shape index (κ3) is 3.08. The van der Waals surface area contributed by atoms with Crippen LogP contribution in [0, 0.1) is 10.1 Å². The lowest BCUT2D eigenvalue weighted by atomic mass is 9.97. The summed E-state index contributed by atoms with van der Waals surface area (Å²) >= 11 is 0. The van der Waals surface area contributed by atoms with Gasteiger partial charge >= 0.3 is 5.97 Å². The minimum atomic E-state index is -0.701. The highest BCUT2D eigenvalue weighted by atomic mass is 16.6. The molecule has 7 nitrogen and oxygen atoms in total. The van der Waals surface area contributed by atoms with Gasteiger partial charge in [-0.3, -0.25) is 10.1 Å². The largest absolute Gasteiger partial charge is 0.496 e. The van der Waals surface area contributed by atoms with Crippen molar-refractivity contribution in [3.63, 3.8) is 0 Å². The van der Waals surface area contributed by atoms with E-state index < -0.39 is 10.9 Å². The Morgan fingerprint density at radius 3 is 2.26 bits per heavy atom. The summed E-state index contributed by atoms with van der Waals surface area (Å²) in [5, 5.41) is 11.1. The molecule has 0 fully saturated rings. The van der Waals surface area contributed by atoms with E-state index >= 15 is 0 Å². The molecule has 0 aliphatic heterocycles. The third-order valence-corrected chi connectivity index (χ3v) is 3.30. The molecule has 2 rings (SSSR count). The van der Waals surface area contributed by atoms with Crippen LogP contribution in [0.5, 0.6) is 11.5 Å². The second kappa shape index (κ2) is 6.78. The van der Waals surface area contributed by atoms with E-state index in [9.17, 15) is 14.9 Å². The van der Waals surface area contributed by atoms with Gasteiger partial charge in [0.25, 0.3) is 5.69 Å².